The number of nitro groups is 1. The molecule has 3 aromatic rings. The molecule has 1 aromatic carbocycles. The topological polar surface area (TPSA) is 139 Å². The number of aromatic nitrogens is 4. The van der Waals surface area contributed by atoms with E-state index >= 15 is 0 Å². The number of amides is 1. The van der Waals surface area contributed by atoms with Gasteiger partial charge in [-0.2, -0.15) is 0 Å². The highest BCUT2D eigenvalue weighted by Gasteiger charge is 2.52. The van der Waals surface area contributed by atoms with E-state index in [1.54, 1.807) is 10.9 Å². The first kappa shape index (κ1) is 20.4. The molecule has 2 aromatic heterocycles. The Balaban J connectivity index is 1.31. The normalized spacial score (nSPS) is 26.8. The Morgan fingerprint density at radius 3 is 2.59 bits per heavy atom. The SMILES string of the molecule is Cn1cnc(C2CC3CC(O)(c4cc([N+](=O)[O-])[nH]n4)CC3C2)c1C(=O)Nc1ccccc1. The highest BCUT2D eigenvalue weighted by Crippen LogP contribution is 2.56. The summed E-state index contributed by atoms with van der Waals surface area (Å²) in [5.41, 5.74) is 1.23. The number of hydrogen-bond acceptors (Lipinski definition) is 6. The first-order valence-electron chi connectivity index (χ1n) is 10.6. The molecule has 0 bridgehead atoms. The molecule has 3 N–H and O–H groups in total. The summed E-state index contributed by atoms with van der Waals surface area (Å²) in [6.07, 6.45) is 4.27. The molecule has 5 rings (SSSR count). The number of carbonyl (C=O) groups excluding carboxylic acids is 1. The molecule has 0 saturated heterocycles. The molecule has 32 heavy (non-hydrogen) atoms. The molecule has 2 saturated carbocycles. The van der Waals surface area contributed by atoms with Crippen molar-refractivity contribution in [1.29, 1.82) is 0 Å². The van der Waals surface area contributed by atoms with Crippen molar-refractivity contribution in [2.75, 3.05) is 5.32 Å². The van der Waals surface area contributed by atoms with Crippen molar-refractivity contribution >= 4 is 17.4 Å². The van der Waals surface area contributed by atoms with E-state index in [0.29, 0.717) is 24.2 Å². The molecule has 2 aliphatic rings. The van der Waals surface area contributed by atoms with Gasteiger partial charge in [-0.15, -0.1) is 5.10 Å². The number of fused-ring (bicyclic) bond motifs is 1. The van der Waals surface area contributed by atoms with Gasteiger partial charge in [0, 0.05) is 18.7 Å². The second-order valence-electron chi connectivity index (χ2n) is 8.93. The van der Waals surface area contributed by atoms with Crippen molar-refractivity contribution in [3.05, 3.63) is 69.9 Å². The van der Waals surface area contributed by atoms with E-state index in [2.05, 4.69) is 20.5 Å². The van der Waals surface area contributed by atoms with Gasteiger partial charge >= 0.3 is 5.82 Å². The number of nitrogens with zero attached hydrogens (tertiary/aromatic N) is 4. The summed E-state index contributed by atoms with van der Waals surface area (Å²) in [4.78, 5) is 27.9. The summed E-state index contributed by atoms with van der Waals surface area (Å²) >= 11 is 0. The minimum absolute atomic E-state index is 0.126. The van der Waals surface area contributed by atoms with Crippen LogP contribution in [0.3, 0.4) is 0 Å². The lowest BCUT2D eigenvalue weighted by Gasteiger charge is -2.21. The third-order valence-electron chi connectivity index (χ3n) is 6.88. The highest BCUT2D eigenvalue weighted by molar-refractivity contribution is 6.04. The van der Waals surface area contributed by atoms with Crippen LogP contribution in [0.2, 0.25) is 0 Å². The molecule has 1 amide bonds. The molecule has 0 spiro atoms. The van der Waals surface area contributed by atoms with E-state index in [-0.39, 0.29) is 29.5 Å². The summed E-state index contributed by atoms with van der Waals surface area (Å²) < 4.78 is 1.75. The van der Waals surface area contributed by atoms with Gasteiger partial charge in [-0.1, -0.05) is 23.3 Å². The number of anilines is 1. The first-order valence-corrected chi connectivity index (χ1v) is 10.6. The number of aromatic amines is 1. The van der Waals surface area contributed by atoms with Crippen LogP contribution in [0.4, 0.5) is 11.5 Å². The third-order valence-corrected chi connectivity index (χ3v) is 6.88. The van der Waals surface area contributed by atoms with E-state index < -0.39 is 10.5 Å². The Hall–Kier alpha value is -3.53. The zero-order valence-electron chi connectivity index (χ0n) is 17.6. The van der Waals surface area contributed by atoms with E-state index in [1.165, 1.54) is 6.07 Å². The molecule has 10 heteroatoms. The molecule has 166 valence electrons. The molecule has 0 aliphatic heterocycles. The highest BCUT2D eigenvalue weighted by atomic mass is 16.6. The van der Waals surface area contributed by atoms with E-state index in [4.69, 9.17) is 0 Å². The van der Waals surface area contributed by atoms with Crippen molar-refractivity contribution in [3.8, 4) is 0 Å². The van der Waals surface area contributed by atoms with Crippen molar-refractivity contribution in [2.24, 2.45) is 18.9 Å². The predicted molar refractivity (Wildman–Crippen MR) is 115 cm³/mol. The fourth-order valence-corrected chi connectivity index (χ4v) is 5.47. The van der Waals surface area contributed by atoms with Gasteiger partial charge in [-0.05, 0) is 54.6 Å². The molecule has 2 aliphatic carbocycles. The van der Waals surface area contributed by atoms with Crippen LogP contribution in [0.5, 0.6) is 0 Å². The first-order chi connectivity index (χ1) is 15.3. The van der Waals surface area contributed by atoms with Crippen LogP contribution in [0.25, 0.3) is 0 Å². The number of H-pyrrole nitrogens is 1. The van der Waals surface area contributed by atoms with Gasteiger partial charge in [-0.3, -0.25) is 4.79 Å². The molecule has 2 atom stereocenters. The molecular formula is C22H24N6O4. The van der Waals surface area contributed by atoms with E-state index in [1.807, 2.05) is 37.4 Å². The largest absolute Gasteiger partial charge is 0.383 e. The van der Waals surface area contributed by atoms with Crippen LogP contribution in [-0.2, 0) is 12.6 Å². The van der Waals surface area contributed by atoms with Gasteiger partial charge in [0.05, 0.1) is 18.1 Å². The van der Waals surface area contributed by atoms with Gasteiger partial charge in [0.1, 0.15) is 17.0 Å². The summed E-state index contributed by atoms with van der Waals surface area (Å²) in [5, 5.41) is 31.4. The number of aliphatic hydroxyl groups is 1. The lowest BCUT2D eigenvalue weighted by Crippen LogP contribution is -2.24. The Morgan fingerprint density at radius 1 is 1.28 bits per heavy atom. The molecule has 2 fully saturated rings. The lowest BCUT2D eigenvalue weighted by atomic mass is 9.90. The zero-order valence-corrected chi connectivity index (χ0v) is 17.6. The standard InChI is InChI=1S/C22H24N6O4/c1-27-12-23-19(20(27)21(29)24-16-5-3-2-4-6-16)13-7-14-10-22(30,11-15(14)8-13)17-9-18(26-25-17)28(31)32/h2-6,9,12-15,30H,7-8,10-11H2,1H3,(H,24,29)(H,25,26). The fourth-order valence-electron chi connectivity index (χ4n) is 5.47. The monoisotopic (exact) mass is 436 g/mol. The quantitative estimate of drug-likeness (QED) is 0.415. The Kier molecular flexibility index (Phi) is 4.81. The summed E-state index contributed by atoms with van der Waals surface area (Å²) in [7, 11) is 1.81. The van der Waals surface area contributed by atoms with Gasteiger partial charge < -0.3 is 25.1 Å². The summed E-state index contributed by atoms with van der Waals surface area (Å²) in [6.45, 7) is 0. The van der Waals surface area contributed by atoms with Gasteiger partial charge in [0.2, 0.25) is 0 Å². The number of para-hydroxylation sites is 1. The molecule has 0 radical (unpaired) electrons. The number of benzene rings is 1. The van der Waals surface area contributed by atoms with Gasteiger partial charge in [0.25, 0.3) is 5.91 Å². The molecule has 2 heterocycles. The second kappa shape index (κ2) is 7.56. The summed E-state index contributed by atoms with van der Waals surface area (Å²) in [6, 6.07) is 10.6. The number of aryl methyl sites for hydroxylation is 1. The zero-order chi connectivity index (χ0) is 22.5. The second-order valence-corrected chi connectivity index (χ2v) is 8.93. The molecular weight excluding hydrogens is 412 g/mol. The molecule has 2 unspecified atom stereocenters. The van der Waals surface area contributed by atoms with Crippen LogP contribution in [-0.4, -0.2) is 35.7 Å². The average Bonchev–Trinajstić information content (AvgIpc) is 3.50. The minimum atomic E-state index is -1.16. The van der Waals surface area contributed by atoms with Crippen LogP contribution >= 0.6 is 0 Å². The maximum absolute atomic E-state index is 13.0. The van der Waals surface area contributed by atoms with E-state index in [0.717, 1.165) is 24.2 Å². The van der Waals surface area contributed by atoms with Crippen LogP contribution < -0.4 is 5.32 Å². The Labute approximate surface area is 183 Å². The number of carbonyl (C=O) groups is 1. The smallest absolute Gasteiger partial charge is 0.342 e. The van der Waals surface area contributed by atoms with Crippen molar-refractivity contribution in [1.82, 2.24) is 19.7 Å². The van der Waals surface area contributed by atoms with Crippen LogP contribution in [0.15, 0.2) is 42.7 Å². The van der Waals surface area contributed by atoms with Crippen LogP contribution in [0.1, 0.15) is 53.5 Å². The van der Waals surface area contributed by atoms with Crippen molar-refractivity contribution in [3.63, 3.8) is 0 Å². The lowest BCUT2D eigenvalue weighted by molar-refractivity contribution is -0.389. The third kappa shape index (κ3) is 3.46. The van der Waals surface area contributed by atoms with E-state index in [9.17, 15) is 20.0 Å². The number of nitrogens with one attached hydrogen (secondary N) is 2. The fraction of sp³-hybridized carbons (Fsp3) is 0.409. The Bertz CT molecular complexity index is 1160. The maximum Gasteiger partial charge on any atom is 0.342 e. The minimum Gasteiger partial charge on any atom is -0.383 e. The number of hydrogen-bond donors (Lipinski definition) is 3. The van der Waals surface area contributed by atoms with Crippen molar-refractivity contribution < 1.29 is 14.8 Å². The van der Waals surface area contributed by atoms with Gasteiger partial charge in [0.15, 0.2) is 0 Å². The summed E-state index contributed by atoms with van der Waals surface area (Å²) in [5.74, 6) is 0.205. The number of rotatable bonds is 5. The number of imidazole rings is 1. The van der Waals surface area contributed by atoms with Gasteiger partial charge in [-0.25, -0.2) is 4.98 Å². The maximum atomic E-state index is 13.0. The van der Waals surface area contributed by atoms with Crippen LogP contribution in [0, 0.1) is 22.0 Å². The average molecular weight is 436 g/mol. The Morgan fingerprint density at radius 2 is 1.97 bits per heavy atom. The molecule has 10 nitrogen and oxygen atoms in total. The predicted octanol–water partition coefficient (Wildman–Crippen LogP) is 3.10. The van der Waals surface area contributed by atoms with Crippen molar-refractivity contribution in [2.45, 2.75) is 37.2 Å².